The van der Waals surface area contributed by atoms with E-state index >= 15 is 0 Å². The van der Waals surface area contributed by atoms with Crippen molar-refractivity contribution in [3.05, 3.63) is 23.9 Å². The van der Waals surface area contributed by atoms with E-state index in [1.807, 2.05) is 6.20 Å². The van der Waals surface area contributed by atoms with Gasteiger partial charge in [-0.3, -0.25) is 0 Å². The lowest BCUT2D eigenvalue weighted by molar-refractivity contribution is 0.395. The highest BCUT2D eigenvalue weighted by Crippen LogP contribution is 2.20. The van der Waals surface area contributed by atoms with E-state index in [1.165, 1.54) is 37.9 Å². The van der Waals surface area contributed by atoms with Gasteiger partial charge in [-0.25, -0.2) is 4.98 Å². The van der Waals surface area contributed by atoms with E-state index in [2.05, 4.69) is 46.3 Å². The standard InChI is InChI=1S/C16H26N4/c1-19-8-7-14(11-19)12-20(2)16-6-3-13(10-18-16)9-17-15-4-5-15/h3,6,10,14-15,17H,4-5,7-9,11-12H2,1-2H3. The molecule has 1 unspecified atom stereocenters. The fraction of sp³-hybridized carbons (Fsp3) is 0.688. The monoisotopic (exact) mass is 274 g/mol. The van der Waals surface area contributed by atoms with Crippen LogP contribution in [0.5, 0.6) is 0 Å². The minimum atomic E-state index is 0.761. The Morgan fingerprint density at radius 1 is 1.35 bits per heavy atom. The number of nitrogens with one attached hydrogen (secondary N) is 1. The molecule has 110 valence electrons. The lowest BCUT2D eigenvalue weighted by Crippen LogP contribution is -2.27. The third-order valence-corrected chi connectivity index (χ3v) is 4.39. The van der Waals surface area contributed by atoms with Gasteiger partial charge >= 0.3 is 0 Å². The molecule has 3 rings (SSSR count). The Morgan fingerprint density at radius 2 is 2.20 bits per heavy atom. The van der Waals surface area contributed by atoms with Crippen LogP contribution in [0.4, 0.5) is 5.82 Å². The zero-order valence-corrected chi connectivity index (χ0v) is 12.7. The van der Waals surface area contributed by atoms with Crippen molar-refractivity contribution < 1.29 is 0 Å². The molecule has 1 N–H and O–H groups in total. The molecule has 0 bridgehead atoms. The van der Waals surface area contributed by atoms with Gasteiger partial charge in [0, 0.05) is 38.9 Å². The first-order valence-corrected chi connectivity index (χ1v) is 7.78. The van der Waals surface area contributed by atoms with E-state index in [4.69, 9.17) is 0 Å². The third-order valence-electron chi connectivity index (χ3n) is 4.39. The van der Waals surface area contributed by atoms with Crippen LogP contribution in [-0.2, 0) is 6.54 Å². The van der Waals surface area contributed by atoms with Crippen molar-refractivity contribution in [1.29, 1.82) is 0 Å². The maximum absolute atomic E-state index is 4.61. The summed E-state index contributed by atoms with van der Waals surface area (Å²) in [5.74, 6) is 1.87. The molecule has 1 saturated heterocycles. The molecule has 0 amide bonds. The Morgan fingerprint density at radius 3 is 2.80 bits per heavy atom. The van der Waals surface area contributed by atoms with Gasteiger partial charge in [-0.1, -0.05) is 6.07 Å². The zero-order chi connectivity index (χ0) is 13.9. The van der Waals surface area contributed by atoms with Gasteiger partial charge in [-0.05, 0) is 50.4 Å². The summed E-state index contributed by atoms with van der Waals surface area (Å²) < 4.78 is 0. The van der Waals surface area contributed by atoms with Crippen LogP contribution in [0.1, 0.15) is 24.8 Å². The van der Waals surface area contributed by atoms with Crippen molar-refractivity contribution in [1.82, 2.24) is 15.2 Å². The van der Waals surface area contributed by atoms with Gasteiger partial charge in [-0.15, -0.1) is 0 Å². The zero-order valence-electron chi connectivity index (χ0n) is 12.7. The molecule has 4 nitrogen and oxygen atoms in total. The minimum Gasteiger partial charge on any atom is -0.359 e. The van der Waals surface area contributed by atoms with Crippen molar-refractivity contribution in [2.24, 2.45) is 5.92 Å². The van der Waals surface area contributed by atoms with Crippen LogP contribution in [-0.4, -0.2) is 49.7 Å². The van der Waals surface area contributed by atoms with Crippen molar-refractivity contribution in [3.63, 3.8) is 0 Å². The number of hydrogen-bond acceptors (Lipinski definition) is 4. The lowest BCUT2D eigenvalue weighted by Gasteiger charge is -2.22. The molecule has 4 heteroatoms. The Kier molecular flexibility index (Phi) is 4.22. The predicted molar refractivity (Wildman–Crippen MR) is 83.0 cm³/mol. The Balaban J connectivity index is 1.50. The summed E-state index contributed by atoms with van der Waals surface area (Å²) in [6.45, 7) is 4.51. The number of nitrogens with zero attached hydrogens (tertiary/aromatic N) is 3. The largest absolute Gasteiger partial charge is 0.359 e. The molecule has 0 aromatic carbocycles. The Bertz CT molecular complexity index is 427. The van der Waals surface area contributed by atoms with Crippen LogP contribution in [0.2, 0.25) is 0 Å². The second-order valence-electron chi connectivity index (χ2n) is 6.48. The number of likely N-dealkylation sites (tertiary alicyclic amines) is 1. The molecule has 1 saturated carbocycles. The first kappa shape index (κ1) is 13.8. The summed E-state index contributed by atoms with van der Waals surface area (Å²) in [5, 5.41) is 3.53. The summed E-state index contributed by atoms with van der Waals surface area (Å²) in [4.78, 5) is 9.32. The normalized spacial score (nSPS) is 23.2. The highest BCUT2D eigenvalue weighted by molar-refractivity contribution is 5.38. The Hall–Kier alpha value is -1.13. The van der Waals surface area contributed by atoms with E-state index in [-0.39, 0.29) is 0 Å². The summed E-state index contributed by atoms with van der Waals surface area (Å²) in [6.07, 6.45) is 6.00. The molecule has 0 spiro atoms. The summed E-state index contributed by atoms with van der Waals surface area (Å²) >= 11 is 0. The van der Waals surface area contributed by atoms with E-state index < -0.39 is 0 Å². The molecule has 1 aromatic rings. The fourth-order valence-corrected chi connectivity index (χ4v) is 2.95. The molecule has 20 heavy (non-hydrogen) atoms. The molecular weight excluding hydrogens is 248 g/mol. The number of rotatable bonds is 6. The van der Waals surface area contributed by atoms with Crippen molar-refractivity contribution in [2.75, 3.05) is 38.6 Å². The van der Waals surface area contributed by atoms with Gasteiger partial charge in [0.25, 0.3) is 0 Å². The fourth-order valence-electron chi connectivity index (χ4n) is 2.95. The Labute approximate surface area is 122 Å². The average molecular weight is 274 g/mol. The van der Waals surface area contributed by atoms with Gasteiger partial charge < -0.3 is 15.1 Å². The molecule has 2 aliphatic rings. The summed E-state index contributed by atoms with van der Waals surface area (Å²) in [7, 11) is 4.36. The molecular formula is C16H26N4. The quantitative estimate of drug-likeness (QED) is 0.856. The molecule has 0 radical (unpaired) electrons. The molecule has 2 heterocycles. The second kappa shape index (κ2) is 6.10. The van der Waals surface area contributed by atoms with Crippen LogP contribution >= 0.6 is 0 Å². The topological polar surface area (TPSA) is 31.4 Å². The van der Waals surface area contributed by atoms with Gasteiger partial charge in [0.2, 0.25) is 0 Å². The number of hydrogen-bond donors (Lipinski definition) is 1. The third kappa shape index (κ3) is 3.70. The number of anilines is 1. The van der Waals surface area contributed by atoms with Crippen molar-refractivity contribution in [3.8, 4) is 0 Å². The number of pyridine rings is 1. The van der Waals surface area contributed by atoms with Gasteiger partial charge in [-0.2, -0.15) is 0 Å². The minimum absolute atomic E-state index is 0.761. The summed E-state index contributed by atoms with van der Waals surface area (Å²) in [5.41, 5.74) is 1.29. The smallest absolute Gasteiger partial charge is 0.128 e. The van der Waals surface area contributed by atoms with Gasteiger partial charge in [0.05, 0.1) is 0 Å². The predicted octanol–water partition coefficient (Wildman–Crippen LogP) is 1.72. The number of aromatic nitrogens is 1. The molecule has 1 aliphatic carbocycles. The average Bonchev–Trinajstić information content (AvgIpc) is 3.20. The van der Waals surface area contributed by atoms with Gasteiger partial charge in [0.15, 0.2) is 0 Å². The highest BCUT2D eigenvalue weighted by Gasteiger charge is 2.21. The molecule has 1 atom stereocenters. The molecule has 2 fully saturated rings. The second-order valence-corrected chi connectivity index (χ2v) is 6.48. The summed E-state index contributed by atoms with van der Waals surface area (Å²) in [6, 6.07) is 5.12. The van der Waals surface area contributed by atoms with Crippen molar-refractivity contribution in [2.45, 2.75) is 31.8 Å². The molecule has 1 aromatic heterocycles. The van der Waals surface area contributed by atoms with E-state index in [1.54, 1.807) is 0 Å². The van der Waals surface area contributed by atoms with Crippen LogP contribution < -0.4 is 10.2 Å². The maximum Gasteiger partial charge on any atom is 0.128 e. The van der Waals surface area contributed by atoms with E-state index in [0.29, 0.717) is 0 Å². The van der Waals surface area contributed by atoms with Gasteiger partial charge in [0.1, 0.15) is 5.82 Å². The van der Waals surface area contributed by atoms with Crippen molar-refractivity contribution >= 4 is 5.82 Å². The molecule has 1 aliphatic heterocycles. The maximum atomic E-state index is 4.61. The highest BCUT2D eigenvalue weighted by atomic mass is 15.2. The van der Waals surface area contributed by atoms with Crippen LogP contribution in [0, 0.1) is 5.92 Å². The van der Waals surface area contributed by atoms with Crippen LogP contribution in [0.15, 0.2) is 18.3 Å². The lowest BCUT2D eigenvalue weighted by atomic mass is 10.1. The van der Waals surface area contributed by atoms with E-state index in [9.17, 15) is 0 Å². The van der Waals surface area contributed by atoms with Crippen LogP contribution in [0.25, 0.3) is 0 Å². The first-order chi connectivity index (χ1) is 9.70. The van der Waals surface area contributed by atoms with E-state index in [0.717, 1.165) is 30.9 Å². The first-order valence-electron chi connectivity index (χ1n) is 7.78. The SMILES string of the molecule is CN1CCC(CN(C)c2ccc(CNC3CC3)cn2)C1. The van der Waals surface area contributed by atoms with Crippen LogP contribution in [0.3, 0.4) is 0 Å².